The SMILES string of the molecule is CCN(Cc1ccccc1)S(=O)(=O)c1ccc(C(=O)N=c2sc3cc(C)ccc3n2CC)cc1. The molecule has 0 bridgehead atoms. The van der Waals surface area contributed by atoms with Gasteiger partial charge in [-0.25, -0.2) is 8.42 Å². The van der Waals surface area contributed by atoms with Gasteiger partial charge in [0.2, 0.25) is 10.0 Å². The van der Waals surface area contributed by atoms with Gasteiger partial charge in [0.15, 0.2) is 4.80 Å². The van der Waals surface area contributed by atoms with Crippen molar-refractivity contribution in [3.63, 3.8) is 0 Å². The minimum atomic E-state index is -3.69. The maximum atomic E-state index is 13.2. The molecule has 176 valence electrons. The van der Waals surface area contributed by atoms with Crippen molar-refractivity contribution in [3.8, 4) is 0 Å². The number of nitrogens with zero attached hydrogens (tertiary/aromatic N) is 3. The number of carbonyl (C=O) groups excluding carboxylic acids is 1. The van der Waals surface area contributed by atoms with Crippen LogP contribution in [0.2, 0.25) is 0 Å². The minimum absolute atomic E-state index is 0.155. The monoisotopic (exact) mass is 493 g/mol. The van der Waals surface area contributed by atoms with Crippen LogP contribution in [0.15, 0.2) is 82.7 Å². The van der Waals surface area contributed by atoms with E-state index in [9.17, 15) is 13.2 Å². The fourth-order valence-electron chi connectivity index (χ4n) is 3.80. The van der Waals surface area contributed by atoms with Crippen LogP contribution >= 0.6 is 11.3 Å². The highest BCUT2D eigenvalue weighted by Gasteiger charge is 2.23. The molecule has 1 heterocycles. The van der Waals surface area contributed by atoms with Gasteiger partial charge < -0.3 is 4.57 Å². The van der Waals surface area contributed by atoms with Gasteiger partial charge in [0.1, 0.15) is 0 Å². The number of hydrogen-bond acceptors (Lipinski definition) is 4. The molecular formula is C26H27N3O3S2. The first-order valence-corrected chi connectivity index (χ1v) is 13.4. The van der Waals surface area contributed by atoms with E-state index >= 15 is 0 Å². The van der Waals surface area contributed by atoms with Gasteiger partial charge in [0.05, 0.1) is 15.1 Å². The topological polar surface area (TPSA) is 71.7 Å². The van der Waals surface area contributed by atoms with Crippen molar-refractivity contribution in [2.75, 3.05) is 6.54 Å². The number of benzene rings is 3. The Labute approximate surface area is 203 Å². The van der Waals surface area contributed by atoms with Gasteiger partial charge in [-0.3, -0.25) is 4.79 Å². The van der Waals surface area contributed by atoms with Gasteiger partial charge in [-0.2, -0.15) is 9.30 Å². The zero-order valence-corrected chi connectivity index (χ0v) is 21.1. The van der Waals surface area contributed by atoms with Crippen molar-refractivity contribution in [2.24, 2.45) is 4.99 Å². The maximum absolute atomic E-state index is 13.2. The second-order valence-electron chi connectivity index (χ2n) is 7.96. The molecular weight excluding hydrogens is 466 g/mol. The smallest absolute Gasteiger partial charge is 0.279 e. The lowest BCUT2D eigenvalue weighted by Crippen LogP contribution is -2.30. The first kappa shape index (κ1) is 24.1. The van der Waals surface area contributed by atoms with Gasteiger partial charge in [0, 0.05) is 25.2 Å². The number of aromatic nitrogens is 1. The van der Waals surface area contributed by atoms with Crippen molar-refractivity contribution < 1.29 is 13.2 Å². The standard InChI is InChI=1S/C26H27N3O3S2/c1-4-28(18-20-9-7-6-8-10-20)34(31,32)22-14-12-21(13-15-22)25(30)27-26-29(5-2)23-16-11-19(3)17-24(23)33-26/h6-17H,4-5,18H2,1-3H3. The lowest BCUT2D eigenvalue weighted by Gasteiger charge is -2.20. The van der Waals surface area contributed by atoms with Gasteiger partial charge in [0.25, 0.3) is 5.91 Å². The number of sulfonamides is 1. The molecule has 6 nitrogen and oxygen atoms in total. The summed E-state index contributed by atoms with van der Waals surface area (Å²) in [5.74, 6) is -0.397. The highest BCUT2D eigenvalue weighted by atomic mass is 32.2. The molecule has 0 fully saturated rings. The normalized spacial score (nSPS) is 12.5. The maximum Gasteiger partial charge on any atom is 0.279 e. The molecule has 0 saturated heterocycles. The second-order valence-corrected chi connectivity index (χ2v) is 10.9. The summed E-state index contributed by atoms with van der Waals surface area (Å²) in [6.45, 7) is 7.19. The van der Waals surface area contributed by atoms with Crippen molar-refractivity contribution in [2.45, 2.75) is 38.8 Å². The van der Waals surface area contributed by atoms with Crippen LogP contribution < -0.4 is 4.80 Å². The minimum Gasteiger partial charge on any atom is -0.317 e. The molecule has 0 unspecified atom stereocenters. The molecule has 4 aromatic rings. The van der Waals surface area contributed by atoms with Crippen molar-refractivity contribution in [1.29, 1.82) is 0 Å². The Hall–Kier alpha value is -3.07. The Balaban J connectivity index is 1.61. The third-order valence-corrected chi connectivity index (χ3v) is 8.62. The van der Waals surface area contributed by atoms with Crippen LogP contribution in [0.3, 0.4) is 0 Å². The van der Waals surface area contributed by atoms with E-state index in [1.54, 1.807) is 0 Å². The van der Waals surface area contributed by atoms with Crippen LogP contribution in [0, 0.1) is 6.92 Å². The number of aryl methyl sites for hydroxylation is 2. The number of carbonyl (C=O) groups is 1. The molecule has 0 radical (unpaired) electrons. The largest absolute Gasteiger partial charge is 0.317 e. The molecule has 0 aliphatic carbocycles. The molecule has 3 aromatic carbocycles. The molecule has 4 rings (SSSR count). The Morgan fingerprint density at radius 2 is 1.71 bits per heavy atom. The summed E-state index contributed by atoms with van der Waals surface area (Å²) >= 11 is 1.47. The average Bonchev–Trinajstić information content (AvgIpc) is 3.18. The molecule has 0 aliphatic rings. The van der Waals surface area contributed by atoms with Gasteiger partial charge in [-0.1, -0.05) is 54.7 Å². The van der Waals surface area contributed by atoms with Crippen molar-refractivity contribution in [1.82, 2.24) is 8.87 Å². The third-order valence-electron chi connectivity index (χ3n) is 5.65. The fourth-order valence-corrected chi connectivity index (χ4v) is 6.42. The molecule has 34 heavy (non-hydrogen) atoms. The van der Waals surface area contributed by atoms with E-state index in [1.807, 2.05) is 67.8 Å². The molecule has 1 aromatic heterocycles. The van der Waals surface area contributed by atoms with Crippen LogP contribution in [0.5, 0.6) is 0 Å². The van der Waals surface area contributed by atoms with Gasteiger partial charge in [-0.05, 0) is 61.4 Å². The zero-order valence-electron chi connectivity index (χ0n) is 19.4. The molecule has 0 aliphatic heterocycles. The van der Waals surface area contributed by atoms with Crippen LogP contribution in [-0.2, 0) is 23.1 Å². The van der Waals surface area contributed by atoms with Crippen molar-refractivity contribution >= 4 is 37.5 Å². The Morgan fingerprint density at radius 1 is 1.00 bits per heavy atom. The summed E-state index contributed by atoms with van der Waals surface area (Å²) in [6.07, 6.45) is 0. The second kappa shape index (κ2) is 10.0. The zero-order chi connectivity index (χ0) is 24.3. The van der Waals surface area contributed by atoms with Gasteiger partial charge in [-0.15, -0.1) is 0 Å². The summed E-state index contributed by atoms with van der Waals surface area (Å²) in [5.41, 5.74) is 3.46. The molecule has 1 amide bonds. The van der Waals surface area contributed by atoms with E-state index in [1.165, 1.54) is 39.9 Å². The van der Waals surface area contributed by atoms with Crippen LogP contribution in [0.25, 0.3) is 10.2 Å². The van der Waals surface area contributed by atoms with E-state index in [2.05, 4.69) is 11.1 Å². The molecule has 0 spiro atoms. The van der Waals surface area contributed by atoms with Crippen molar-refractivity contribution in [3.05, 3.63) is 94.3 Å². The number of hydrogen-bond donors (Lipinski definition) is 0. The lowest BCUT2D eigenvalue weighted by molar-refractivity contribution is 0.0997. The summed E-state index contributed by atoms with van der Waals surface area (Å²) in [4.78, 5) is 18.0. The number of thiazole rings is 1. The van der Waals surface area contributed by atoms with Gasteiger partial charge >= 0.3 is 0 Å². The van der Waals surface area contributed by atoms with E-state index in [-0.39, 0.29) is 11.4 Å². The third kappa shape index (κ3) is 4.89. The Morgan fingerprint density at radius 3 is 2.35 bits per heavy atom. The highest BCUT2D eigenvalue weighted by molar-refractivity contribution is 7.89. The molecule has 0 atom stereocenters. The number of fused-ring (bicyclic) bond motifs is 1. The first-order chi connectivity index (χ1) is 16.3. The van der Waals surface area contributed by atoms with Crippen LogP contribution in [0.4, 0.5) is 0 Å². The predicted octanol–water partition coefficient (Wildman–Crippen LogP) is 4.98. The highest BCUT2D eigenvalue weighted by Crippen LogP contribution is 2.21. The van der Waals surface area contributed by atoms with E-state index < -0.39 is 15.9 Å². The number of amides is 1. The predicted molar refractivity (Wildman–Crippen MR) is 136 cm³/mol. The quantitative estimate of drug-likeness (QED) is 0.364. The summed E-state index contributed by atoms with van der Waals surface area (Å²) in [6, 6.07) is 21.7. The Kier molecular flexibility index (Phi) is 7.11. The first-order valence-electron chi connectivity index (χ1n) is 11.2. The fraction of sp³-hybridized carbons (Fsp3) is 0.231. The van der Waals surface area contributed by atoms with Crippen LogP contribution in [-0.4, -0.2) is 29.7 Å². The molecule has 0 saturated carbocycles. The van der Waals surface area contributed by atoms with E-state index in [4.69, 9.17) is 0 Å². The lowest BCUT2D eigenvalue weighted by atomic mass is 10.2. The molecule has 0 N–H and O–H groups in total. The van der Waals surface area contributed by atoms with E-state index in [0.717, 1.165) is 21.3 Å². The van der Waals surface area contributed by atoms with E-state index in [0.29, 0.717) is 23.5 Å². The summed E-state index contributed by atoms with van der Waals surface area (Å²) in [7, 11) is -3.69. The molecule has 8 heteroatoms. The summed E-state index contributed by atoms with van der Waals surface area (Å²) < 4.78 is 30.8. The average molecular weight is 494 g/mol. The van der Waals surface area contributed by atoms with Crippen LogP contribution in [0.1, 0.15) is 35.3 Å². The number of rotatable bonds is 7. The summed E-state index contributed by atoms with van der Waals surface area (Å²) in [5, 5.41) is 0. The Bertz CT molecular complexity index is 1490.